The Hall–Kier alpha value is -1.88. The van der Waals surface area contributed by atoms with Crippen molar-refractivity contribution in [3.8, 4) is 0 Å². The van der Waals surface area contributed by atoms with Gasteiger partial charge in [-0.3, -0.25) is 9.80 Å². The number of likely N-dealkylation sites (tertiary alicyclic amines) is 2. The molecule has 7 rings (SSSR count). The van der Waals surface area contributed by atoms with Crippen LogP contribution in [0.15, 0.2) is 60.7 Å². The first-order valence-electron chi connectivity index (χ1n) is 18.5. The van der Waals surface area contributed by atoms with Crippen LogP contribution >= 0.6 is 0 Å². The standard InChI is InChI=1S/C38H60N6O2/c45-37(31-41-13-11-35(27-41)33-7-3-1-4-8-33)29-39-15-19-43(20-16-39)23-25-44(26-24-43)21-17-40(18-22-44)30-38(46)32-42-14-12-36(28-42)34-9-5-2-6-10-34/h1-10,35-38,45-46H,11-32H2/q+2. The van der Waals surface area contributed by atoms with E-state index in [1.54, 1.807) is 0 Å². The molecule has 5 fully saturated rings. The van der Waals surface area contributed by atoms with Gasteiger partial charge in [0.05, 0.1) is 38.4 Å². The summed E-state index contributed by atoms with van der Waals surface area (Å²) in [7, 11) is 0. The molecule has 46 heavy (non-hydrogen) atoms. The van der Waals surface area contributed by atoms with Crippen molar-refractivity contribution in [2.24, 2.45) is 0 Å². The van der Waals surface area contributed by atoms with Crippen LogP contribution in [0.5, 0.6) is 0 Å². The second-order valence-corrected chi connectivity index (χ2v) is 15.7. The quantitative estimate of drug-likeness (QED) is 0.391. The van der Waals surface area contributed by atoms with E-state index in [9.17, 15) is 10.2 Å². The maximum atomic E-state index is 11.0. The first-order chi connectivity index (χ1) is 22.4. The van der Waals surface area contributed by atoms with Gasteiger partial charge in [-0.05, 0) is 48.9 Å². The van der Waals surface area contributed by atoms with E-state index in [1.165, 1.54) is 85.3 Å². The summed E-state index contributed by atoms with van der Waals surface area (Å²) in [5.41, 5.74) is 2.89. The van der Waals surface area contributed by atoms with E-state index in [0.717, 1.165) is 78.5 Å². The number of rotatable bonds is 10. The number of aliphatic hydroxyl groups excluding tert-OH is 2. The van der Waals surface area contributed by atoms with Crippen molar-refractivity contribution < 1.29 is 19.2 Å². The van der Waals surface area contributed by atoms with Crippen LogP contribution in [-0.4, -0.2) is 182 Å². The van der Waals surface area contributed by atoms with Gasteiger partial charge in [0.25, 0.3) is 0 Å². The van der Waals surface area contributed by atoms with E-state index in [-0.39, 0.29) is 12.2 Å². The maximum absolute atomic E-state index is 11.0. The second kappa shape index (κ2) is 14.7. The largest absolute Gasteiger partial charge is 0.390 e. The first-order valence-corrected chi connectivity index (χ1v) is 18.5. The lowest BCUT2D eigenvalue weighted by Gasteiger charge is -2.54. The molecule has 5 saturated heterocycles. The summed E-state index contributed by atoms with van der Waals surface area (Å²) >= 11 is 0. The fourth-order valence-corrected chi connectivity index (χ4v) is 9.49. The number of hydrogen-bond acceptors (Lipinski definition) is 6. The number of benzene rings is 2. The van der Waals surface area contributed by atoms with Gasteiger partial charge in [-0.2, -0.15) is 0 Å². The highest BCUT2D eigenvalue weighted by Gasteiger charge is 2.45. The topological polar surface area (TPSA) is 53.4 Å². The van der Waals surface area contributed by atoms with E-state index in [4.69, 9.17) is 0 Å². The number of hydrogen-bond donors (Lipinski definition) is 2. The van der Waals surface area contributed by atoms with Crippen molar-refractivity contribution in [1.82, 2.24) is 19.6 Å². The van der Waals surface area contributed by atoms with Gasteiger partial charge in [0, 0.05) is 65.4 Å². The minimum Gasteiger partial charge on any atom is -0.390 e. The summed E-state index contributed by atoms with van der Waals surface area (Å²) in [6.07, 6.45) is 1.89. The number of aliphatic hydroxyl groups is 2. The molecule has 2 aromatic carbocycles. The second-order valence-electron chi connectivity index (χ2n) is 15.7. The summed E-state index contributed by atoms with van der Waals surface area (Å²) in [4.78, 5) is 10.0. The molecule has 0 aliphatic carbocycles. The van der Waals surface area contributed by atoms with Crippen LogP contribution in [0.4, 0.5) is 0 Å². The molecule has 4 atom stereocenters. The molecule has 5 aliphatic rings. The van der Waals surface area contributed by atoms with Crippen LogP contribution in [0.1, 0.15) is 35.8 Å². The Labute approximate surface area is 278 Å². The zero-order valence-corrected chi connectivity index (χ0v) is 28.2. The summed E-state index contributed by atoms with van der Waals surface area (Å²) in [5, 5.41) is 21.9. The van der Waals surface area contributed by atoms with Gasteiger partial charge in [0.1, 0.15) is 26.2 Å². The van der Waals surface area contributed by atoms with Crippen LogP contribution in [-0.2, 0) is 0 Å². The van der Waals surface area contributed by atoms with Crippen LogP contribution in [0.2, 0.25) is 0 Å². The molecule has 252 valence electrons. The van der Waals surface area contributed by atoms with Crippen molar-refractivity contribution in [2.45, 2.75) is 36.9 Å². The van der Waals surface area contributed by atoms with Gasteiger partial charge in [0.15, 0.2) is 0 Å². The van der Waals surface area contributed by atoms with Gasteiger partial charge < -0.3 is 29.0 Å². The van der Waals surface area contributed by atoms with E-state index in [0.29, 0.717) is 11.8 Å². The van der Waals surface area contributed by atoms with Gasteiger partial charge in [-0.25, -0.2) is 0 Å². The molecular weight excluding hydrogens is 572 g/mol. The third kappa shape index (κ3) is 8.04. The fraction of sp³-hybridized carbons (Fsp3) is 0.684. The lowest BCUT2D eigenvalue weighted by atomic mass is 9.99. The molecular formula is C38H60N6O2+2. The lowest BCUT2D eigenvalue weighted by molar-refractivity contribution is -1.03. The highest BCUT2D eigenvalue weighted by atomic mass is 16.3. The predicted molar refractivity (Wildman–Crippen MR) is 185 cm³/mol. The Bertz CT molecular complexity index is 1110. The Morgan fingerprint density at radius 3 is 1.20 bits per heavy atom. The molecule has 0 saturated carbocycles. The molecule has 5 aliphatic heterocycles. The zero-order chi connectivity index (χ0) is 31.4. The molecule has 5 heterocycles. The average Bonchev–Trinajstić information content (AvgIpc) is 3.76. The molecule has 8 heteroatoms. The molecule has 0 bridgehead atoms. The molecule has 2 N–H and O–H groups in total. The summed E-state index contributed by atoms with van der Waals surface area (Å²) in [6.45, 7) is 22.3. The number of quaternary nitrogens is 2. The van der Waals surface area contributed by atoms with Crippen molar-refractivity contribution in [1.29, 1.82) is 0 Å². The van der Waals surface area contributed by atoms with Crippen LogP contribution in [0, 0.1) is 0 Å². The Kier molecular flexibility index (Phi) is 10.4. The molecule has 0 aromatic heterocycles. The highest BCUT2D eigenvalue weighted by molar-refractivity contribution is 5.22. The van der Waals surface area contributed by atoms with E-state index in [1.807, 2.05) is 0 Å². The molecule has 2 aromatic rings. The third-order valence-corrected chi connectivity index (χ3v) is 12.6. The minimum atomic E-state index is -0.257. The van der Waals surface area contributed by atoms with Crippen molar-refractivity contribution in [2.75, 3.05) is 131 Å². The zero-order valence-electron chi connectivity index (χ0n) is 28.2. The van der Waals surface area contributed by atoms with Crippen molar-refractivity contribution in [3.05, 3.63) is 71.8 Å². The van der Waals surface area contributed by atoms with Gasteiger partial charge >= 0.3 is 0 Å². The predicted octanol–water partition coefficient (Wildman–Crippen LogP) is 1.97. The summed E-state index contributed by atoms with van der Waals surface area (Å²) < 4.78 is 2.58. The Morgan fingerprint density at radius 1 is 0.478 bits per heavy atom. The van der Waals surface area contributed by atoms with Gasteiger partial charge in [-0.15, -0.1) is 0 Å². The van der Waals surface area contributed by atoms with E-state index < -0.39 is 0 Å². The SMILES string of the molecule is OC(CN1CC[N+]2(CC1)CC[N+]1(CCN(CC(O)CN3CCC(c4ccccc4)C3)CC1)CC2)CN1CCC(c2ccccc2)C1. The normalized spacial score (nSPS) is 29.0. The number of β-amino-alcohol motifs (C(OH)–C–C–N with tert-alkyl or cyclic N) is 2. The van der Waals surface area contributed by atoms with Crippen LogP contribution in [0.3, 0.4) is 0 Å². The van der Waals surface area contributed by atoms with Gasteiger partial charge in [0.2, 0.25) is 0 Å². The minimum absolute atomic E-state index is 0.257. The maximum Gasteiger partial charge on any atom is 0.129 e. The fourth-order valence-electron chi connectivity index (χ4n) is 9.49. The van der Waals surface area contributed by atoms with Gasteiger partial charge in [-0.1, -0.05) is 60.7 Å². The molecule has 0 radical (unpaired) electrons. The Morgan fingerprint density at radius 2 is 0.826 bits per heavy atom. The number of nitrogens with zero attached hydrogens (tertiary/aromatic N) is 6. The molecule has 2 spiro atoms. The average molecular weight is 633 g/mol. The molecule has 8 nitrogen and oxygen atoms in total. The Balaban J connectivity index is 0.780. The monoisotopic (exact) mass is 632 g/mol. The first kappa shape index (κ1) is 32.7. The van der Waals surface area contributed by atoms with Crippen molar-refractivity contribution in [3.63, 3.8) is 0 Å². The highest BCUT2D eigenvalue weighted by Crippen LogP contribution is 2.29. The lowest BCUT2D eigenvalue weighted by Crippen LogP contribution is -2.73. The third-order valence-electron chi connectivity index (χ3n) is 12.6. The van der Waals surface area contributed by atoms with Crippen molar-refractivity contribution >= 4 is 0 Å². The molecule has 0 amide bonds. The van der Waals surface area contributed by atoms with Crippen LogP contribution in [0.25, 0.3) is 0 Å². The number of piperazine rings is 3. The summed E-state index contributed by atoms with van der Waals surface area (Å²) in [6, 6.07) is 21.8. The molecule has 4 unspecified atom stereocenters. The smallest absolute Gasteiger partial charge is 0.129 e. The van der Waals surface area contributed by atoms with E-state index >= 15 is 0 Å². The summed E-state index contributed by atoms with van der Waals surface area (Å²) in [5.74, 6) is 1.22. The van der Waals surface area contributed by atoms with Crippen LogP contribution < -0.4 is 0 Å². The van der Waals surface area contributed by atoms with E-state index in [2.05, 4.69) is 80.3 Å².